The maximum absolute atomic E-state index is 12.5. The molecule has 6 nitrogen and oxygen atoms in total. The van der Waals surface area contributed by atoms with Crippen molar-refractivity contribution in [3.8, 4) is 0 Å². The quantitative estimate of drug-likeness (QED) is 0.421. The Morgan fingerprint density at radius 3 is 2.96 bits per heavy atom. The minimum absolute atomic E-state index is 0.0261. The Labute approximate surface area is 149 Å². The molecule has 0 saturated carbocycles. The van der Waals surface area contributed by atoms with Gasteiger partial charge in [-0.25, -0.2) is 4.98 Å². The molecule has 0 aromatic carbocycles. The van der Waals surface area contributed by atoms with Crippen molar-refractivity contribution in [3.63, 3.8) is 0 Å². The summed E-state index contributed by atoms with van der Waals surface area (Å²) in [5.41, 5.74) is 0.311. The Kier molecular flexibility index (Phi) is 6.86. The summed E-state index contributed by atoms with van der Waals surface area (Å²) in [6.07, 6.45) is 7.50. The van der Waals surface area contributed by atoms with Crippen LogP contribution < -0.4 is 10.9 Å². The molecule has 8 heteroatoms. The summed E-state index contributed by atoms with van der Waals surface area (Å²) < 4.78 is 4.14. The molecular weight excluding hydrogens is 344 g/mol. The molecule has 1 N–H and O–H groups in total. The van der Waals surface area contributed by atoms with Crippen molar-refractivity contribution in [2.24, 2.45) is 0 Å². The van der Waals surface area contributed by atoms with Crippen LogP contribution in [0.5, 0.6) is 0 Å². The van der Waals surface area contributed by atoms with Crippen molar-refractivity contribution in [1.82, 2.24) is 19.4 Å². The van der Waals surface area contributed by atoms with Crippen LogP contribution in [0.3, 0.4) is 0 Å². The number of hydrogen-bond acceptors (Lipinski definition) is 5. The highest BCUT2D eigenvalue weighted by Gasteiger charge is 2.13. The Bertz CT molecular complexity index is 835. The van der Waals surface area contributed by atoms with Crippen LogP contribution in [0.4, 0.5) is 0 Å². The standard InChI is InChI=1S/C16H22N4O2S2/c1-3-5-6-7-8-17-12(21)10-19-11-18-14-13(15(19)22)24-16(23)20(14)9-4-2/h4,11H,2-3,5-10H2,1H3,(H,17,21). The van der Waals surface area contributed by atoms with Crippen molar-refractivity contribution in [2.45, 2.75) is 45.7 Å². The van der Waals surface area contributed by atoms with Crippen molar-refractivity contribution in [2.75, 3.05) is 6.54 Å². The fraction of sp³-hybridized carbons (Fsp3) is 0.500. The molecule has 0 fully saturated rings. The first-order valence-corrected chi connectivity index (χ1v) is 9.27. The lowest BCUT2D eigenvalue weighted by atomic mass is 10.2. The monoisotopic (exact) mass is 366 g/mol. The largest absolute Gasteiger partial charge is 0.355 e. The smallest absolute Gasteiger partial charge is 0.273 e. The van der Waals surface area contributed by atoms with Crippen molar-refractivity contribution >= 4 is 39.8 Å². The summed E-state index contributed by atoms with van der Waals surface area (Å²) in [6, 6.07) is 0. The second kappa shape index (κ2) is 8.89. The molecule has 0 radical (unpaired) electrons. The predicted octanol–water partition coefficient (Wildman–Crippen LogP) is 2.87. The van der Waals surface area contributed by atoms with Gasteiger partial charge < -0.3 is 9.88 Å². The fourth-order valence-electron chi connectivity index (χ4n) is 2.36. The second-order valence-electron chi connectivity index (χ2n) is 5.51. The minimum atomic E-state index is -0.236. The number of carbonyl (C=O) groups is 1. The number of thiazole rings is 1. The van der Waals surface area contributed by atoms with Gasteiger partial charge in [0.1, 0.15) is 17.6 Å². The maximum atomic E-state index is 12.5. The van der Waals surface area contributed by atoms with E-state index in [4.69, 9.17) is 12.2 Å². The highest BCUT2D eigenvalue weighted by Crippen LogP contribution is 2.17. The van der Waals surface area contributed by atoms with E-state index in [1.807, 2.05) is 0 Å². The van der Waals surface area contributed by atoms with Crippen LogP contribution in [0.15, 0.2) is 23.8 Å². The summed E-state index contributed by atoms with van der Waals surface area (Å²) in [4.78, 5) is 28.8. The van der Waals surface area contributed by atoms with Gasteiger partial charge in [0.2, 0.25) is 5.91 Å². The number of rotatable bonds is 9. The van der Waals surface area contributed by atoms with Crippen LogP contribution in [-0.2, 0) is 17.9 Å². The summed E-state index contributed by atoms with van der Waals surface area (Å²) in [5.74, 6) is -0.177. The molecule has 0 aliphatic rings. The van der Waals surface area contributed by atoms with E-state index in [1.54, 1.807) is 10.6 Å². The number of hydrogen-bond donors (Lipinski definition) is 1. The van der Waals surface area contributed by atoms with E-state index in [-0.39, 0.29) is 18.0 Å². The molecule has 24 heavy (non-hydrogen) atoms. The van der Waals surface area contributed by atoms with Gasteiger partial charge in [0, 0.05) is 13.1 Å². The van der Waals surface area contributed by atoms with Crippen LogP contribution >= 0.6 is 23.6 Å². The van der Waals surface area contributed by atoms with Gasteiger partial charge in [-0.15, -0.1) is 6.58 Å². The number of aromatic nitrogens is 3. The van der Waals surface area contributed by atoms with Crippen LogP contribution in [0, 0.1) is 3.95 Å². The van der Waals surface area contributed by atoms with Crippen molar-refractivity contribution < 1.29 is 4.79 Å². The predicted molar refractivity (Wildman–Crippen MR) is 100 cm³/mol. The molecule has 130 valence electrons. The van der Waals surface area contributed by atoms with E-state index in [9.17, 15) is 9.59 Å². The van der Waals surface area contributed by atoms with Crippen molar-refractivity contribution in [3.05, 3.63) is 33.3 Å². The maximum Gasteiger partial charge on any atom is 0.273 e. The lowest BCUT2D eigenvalue weighted by Crippen LogP contribution is -2.32. The first-order chi connectivity index (χ1) is 11.6. The first kappa shape index (κ1) is 18.5. The Morgan fingerprint density at radius 1 is 1.46 bits per heavy atom. The fourth-order valence-corrected chi connectivity index (χ4v) is 3.68. The molecule has 0 aliphatic heterocycles. The number of nitrogens with one attached hydrogen (secondary N) is 1. The van der Waals surface area contributed by atoms with E-state index in [0.717, 1.165) is 19.3 Å². The zero-order valence-corrected chi connectivity index (χ0v) is 15.4. The molecule has 0 aliphatic carbocycles. The molecule has 0 bridgehead atoms. The molecular formula is C16H22N4O2S2. The number of nitrogens with zero attached hydrogens (tertiary/aromatic N) is 3. The minimum Gasteiger partial charge on any atom is -0.355 e. The SMILES string of the molecule is C=CCn1c(=S)sc2c(=O)n(CC(=O)NCCCCCC)cnc21. The van der Waals surface area contributed by atoms with E-state index >= 15 is 0 Å². The van der Waals surface area contributed by atoms with Crippen molar-refractivity contribution in [1.29, 1.82) is 0 Å². The third-order valence-corrected chi connectivity index (χ3v) is 5.05. The van der Waals surface area contributed by atoms with Gasteiger partial charge in [-0.2, -0.15) is 0 Å². The number of unbranched alkanes of at least 4 members (excludes halogenated alkanes) is 3. The number of amides is 1. The van der Waals surface area contributed by atoms with Gasteiger partial charge in [0.15, 0.2) is 9.60 Å². The number of carbonyl (C=O) groups excluding carboxylic acids is 1. The van der Waals surface area contributed by atoms with Crippen LogP contribution in [0.2, 0.25) is 0 Å². The molecule has 2 aromatic rings. The lowest BCUT2D eigenvalue weighted by molar-refractivity contribution is -0.121. The summed E-state index contributed by atoms with van der Waals surface area (Å²) >= 11 is 6.48. The highest BCUT2D eigenvalue weighted by atomic mass is 32.1. The summed E-state index contributed by atoms with van der Waals surface area (Å²) in [6.45, 7) is 6.95. The van der Waals surface area contributed by atoms with E-state index in [2.05, 4.69) is 23.8 Å². The van der Waals surface area contributed by atoms with Gasteiger partial charge in [0.25, 0.3) is 5.56 Å². The van der Waals surface area contributed by atoms with Gasteiger partial charge in [-0.3, -0.25) is 14.2 Å². The van der Waals surface area contributed by atoms with E-state index in [0.29, 0.717) is 27.4 Å². The van der Waals surface area contributed by atoms with Crippen LogP contribution in [0.25, 0.3) is 10.3 Å². The molecule has 0 saturated heterocycles. The first-order valence-electron chi connectivity index (χ1n) is 8.04. The van der Waals surface area contributed by atoms with Crippen LogP contribution in [-0.4, -0.2) is 26.6 Å². The molecule has 0 atom stereocenters. The number of fused-ring (bicyclic) bond motifs is 1. The third-order valence-electron chi connectivity index (χ3n) is 3.62. The average molecular weight is 367 g/mol. The van der Waals surface area contributed by atoms with Gasteiger partial charge in [-0.1, -0.05) is 43.6 Å². The van der Waals surface area contributed by atoms with Gasteiger partial charge in [0.05, 0.1) is 0 Å². The van der Waals surface area contributed by atoms with E-state index < -0.39 is 0 Å². The number of allylic oxidation sites excluding steroid dienone is 1. The second-order valence-corrected chi connectivity index (χ2v) is 7.15. The Morgan fingerprint density at radius 2 is 2.25 bits per heavy atom. The highest BCUT2D eigenvalue weighted by molar-refractivity contribution is 7.73. The summed E-state index contributed by atoms with van der Waals surface area (Å²) in [5, 5.41) is 2.84. The summed E-state index contributed by atoms with van der Waals surface area (Å²) in [7, 11) is 0. The van der Waals surface area contributed by atoms with Gasteiger partial charge >= 0.3 is 0 Å². The lowest BCUT2D eigenvalue weighted by Gasteiger charge is -2.07. The molecule has 2 heterocycles. The topological polar surface area (TPSA) is 68.9 Å². The van der Waals surface area contributed by atoms with Gasteiger partial charge in [-0.05, 0) is 18.6 Å². The Hall–Kier alpha value is -1.80. The normalized spacial score (nSPS) is 10.9. The molecule has 0 unspecified atom stereocenters. The Balaban J connectivity index is 2.09. The molecule has 0 spiro atoms. The molecule has 2 rings (SSSR count). The average Bonchev–Trinajstić information content (AvgIpc) is 2.87. The zero-order chi connectivity index (χ0) is 17.5. The third kappa shape index (κ3) is 4.39. The molecule has 2 aromatic heterocycles. The molecule has 1 amide bonds. The zero-order valence-electron chi connectivity index (χ0n) is 13.8. The van der Waals surface area contributed by atoms with Crippen LogP contribution in [0.1, 0.15) is 32.6 Å². The van der Waals surface area contributed by atoms with E-state index in [1.165, 1.54) is 28.7 Å².